The molecule has 9 heavy (non-hydrogen) atoms. The van der Waals surface area contributed by atoms with Crippen molar-refractivity contribution in [2.45, 2.75) is 0 Å². The summed E-state index contributed by atoms with van der Waals surface area (Å²) in [5, 5.41) is 9.40. The number of thiophene rings is 1. The molecule has 0 saturated heterocycles. The Bertz CT molecular complexity index is 231. The number of carboxylic acids is 1. The maximum Gasteiger partial charge on any atom is 0.345 e. The van der Waals surface area contributed by atoms with Crippen molar-refractivity contribution in [3.8, 4) is 0 Å². The number of rotatable bonds is 1. The number of aromatic carboxylic acids is 1. The second kappa shape index (κ2) is 2.14. The average Bonchev–Trinajstić information content (AvgIpc) is 2.14. The highest BCUT2D eigenvalue weighted by Gasteiger charge is 2.04. The molecule has 0 radical (unpaired) electrons. The number of hydrogen-bond acceptors (Lipinski definition) is 2. The summed E-state index contributed by atoms with van der Waals surface area (Å²) in [6.07, 6.45) is 0. The van der Waals surface area contributed by atoms with Gasteiger partial charge in [0.1, 0.15) is 10.7 Å². The van der Waals surface area contributed by atoms with E-state index in [1.807, 2.05) is 0 Å². The summed E-state index contributed by atoms with van der Waals surface area (Å²) < 4.78 is 12.0. The summed E-state index contributed by atoms with van der Waals surface area (Å²) >= 11 is 0.883. The van der Waals surface area contributed by atoms with E-state index >= 15 is 0 Å². The second-order valence-electron chi connectivity index (χ2n) is 1.43. The first-order valence-corrected chi connectivity index (χ1v) is 3.05. The number of carboxylic acid groups (broad SMARTS) is 1. The van der Waals surface area contributed by atoms with Crippen molar-refractivity contribution in [1.29, 1.82) is 0 Å². The molecule has 0 spiro atoms. The van der Waals surface area contributed by atoms with E-state index in [1.54, 1.807) is 0 Å². The van der Waals surface area contributed by atoms with Crippen molar-refractivity contribution in [3.63, 3.8) is 0 Å². The number of halogens is 1. The van der Waals surface area contributed by atoms with E-state index in [-0.39, 0.29) is 4.88 Å². The molecule has 2 nitrogen and oxygen atoms in total. The lowest BCUT2D eigenvalue weighted by Gasteiger charge is -1.78. The van der Waals surface area contributed by atoms with E-state index in [4.69, 9.17) is 5.11 Å². The van der Waals surface area contributed by atoms with Gasteiger partial charge in [-0.1, -0.05) is 0 Å². The Morgan fingerprint density at radius 2 is 2.44 bits per heavy atom. The zero-order valence-corrected chi connectivity index (χ0v) is 5.11. The topological polar surface area (TPSA) is 37.3 Å². The summed E-state index contributed by atoms with van der Waals surface area (Å²) in [5.74, 6) is -1.57. The minimum atomic E-state index is -1.08. The van der Waals surface area contributed by atoms with Crippen LogP contribution in [0.4, 0.5) is 4.39 Å². The standard InChI is InChI=1S/C5H3FO2S/c6-3-1-4(5(7)8)9-2-3/h1-2H,(H,7,8). The molecule has 0 aliphatic heterocycles. The van der Waals surface area contributed by atoms with Crippen molar-refractivity contribution in [2.75, 3.05) is 0 Å². The fraction of sp³-hybridized carbons (Fsp3) is 0. The Morgan fingerprint density at radius 3 is 2.67 bits per heavy atom. The van der Waals surface area contributed by atoms with Crippen molar-refractivity contribution in [1.82, 2.24) is 0 Å². The molecule has 0 amide bonds. The summed E-state index contributed by atoms with van der Waals surface area (Å²) in [6, 6.07) is 0.993. The van der Waals surface area contributed by atoms with Crippen LogP contribution in [-0.2, 0) is 0 Å². The molecule has 0 unspecified atom stereocenters. The van der Waals surface area contributed by atoms with Crippen molar-refractivity contribution in [2.24, 2.45) is 0 Å². The zero-order valence-electron chi connectivity index (χ0n) is 4.30. The molecule has 0 fully saturated rings. The van der Waals surface area contributed by atoms with Crippen LogP contribution in [-0.4, -0.2) is 11.1 Å². The largest absolute Gasteiger partial charge is 0.477 e. The third kappa shape index (κ3) is 1.26. The van der Waals surface area contributed by atoms with Gasteiger partial charge in [0.05, 0.1) is 0 Å². The van der Waals surface area contributed by atoms with Crippen molar-refractivity contribution < 1.29 is 14.3 Å². The molecule has 0 saturated carbocycles. The summed E-state index contributed by atoms with van der Waals surface area (Å²) in [5.41, 5.74) is 0. The van der Waals surface area contributed by atoms with Crippen LogP contribution in [0.25, 0.3) is 0 Å². The molecule has 4 heteroatoms. The minimum Gasteiger partial charge on any atom is -0.477 e. The molecule has 1 aromatic rings. The lowest BCUT2D eigenvalue weighted by Crippen LogP contribution is -1.89. The third-order valence-electron chi connectivity index (χ3n) is 0.778. The normalized spacial score (nSPS) is 9.44. The van der Waals surface area contributed by atoms with Crippen molar-refractivity contribution >= 4 is 17.3 Å². The highest BCUT2D eigenvalue weighted by atomic mass is 32.1. The summed E-state index contributed by atoms with van der Waals surface area (Å²) in [7, 11) is 0. The Kier molecular flexibility index (Phi) is 1.48. The van der Waals surface area contributed by atoms with E-state index in [1.165, 1.54) is 0 Å². The van der Waals surface area contributed by atoms with Crippen LogP contribution < -0.4 is 0 Å². The lowest BCUT2D eigenvalue weighted by atomic mass is 10.5. The summed E-state index contributed by atoms with van der Waals surface area (Å²) in [4.78, 5) is 10.1. The molecular weight excluding hydrogens is 143 g/mol. The first-order valence-electron chi connectivity index (χ1n) is 2.17. The molecule has 1 aromatic heterocycles. The SMILES string of the molecule is O=C(O)c1cc(F)cs1. The average molecular weight is 146 g/mol. The van der Waals surface area contributed by atoms with Crippen LogP contribution in [0, 0.1) is 5.82 Å². The Morgan fingerprint density at radius 1 is 1.78 bits per heavy atom. The number of carbonyl (C=O) groups is 1. The van der Waals surface area contributed by atoms with Gasteiger partial charge >= 0.3 is 5.97 Å². The van der Waals surface area contributed by atoms with Gasteiger partial charge in [0.25, 0.3) is 0 Å². The van der Waals surface area contributed by atoms with E-state index < -0.39 is 11.8 Å². The molecule has 0 bridgehead atoms. The quantitative estimate of drug-likeness (QED) is 0.653. The van der Waals surface area contributed by atoms with E-state index in [2.05, 4.69) is 0 Å². The van der Waals surface area contributed by atoms with Gasteiger partial charge in [-0.15, -0.1) is 11.3 Å². The maximum atomic E-state index is 12.0. The lowest BCUT2D eigenvalue weighted by molar-refractivity contribution is 0.0702. The minimum absolute atomic E-state index is 0.0347. The van der Waals surface area contributed by atoms with Gasteiger partial charge < -0.3 is 5.11 Å². The maximum absolute atomic E-state index is 12.0. The van der Waals surface area contributed by atoms with Gasteiger partial charge in [-0.05, 0) is 6.07 Å². The molecule has 0 aliphatic rings. The second-order valence-corrected chi connectivity index (χ2v) is 2.35. The zero-order chi connectivity index (χ0) is 6.85. The van der Waals surface area contributed by atoms with Crippen molar-refractivity contribution in [3.05, 3.63) is 22.1 Å². The molecular formula is C5H3FO2S. The Hall–Kier alpha value is -0.900. The first-order chi connectivity index (χ1) is 4.20. The molecule has 0 aliphatic carbocycles. The Balaban J connectivity index is 2.98. The van der Waals surface area contributed by atoms with E-state index in [0.717, 1.165) is 22.8 Å². The number of hydrogen-bond donors (Lipinski definition) is 1. The van der Waals surface area contributed by atoms with Gasteiger partial charge in [-0.3, -0.25) is 0 Å². The monoisotopic (exact) mass is 146 g/mol. The van der Waals surface area contributed by atoms with Crippen LogP contribution in [0.2, 0.25) is 0 Å². The van der Waals surface area contributed by atoms with Gasteiger partial charge in [0.15, 0.2) is 0 Å². The molecule has 1 rings (SSSR count). The van der Waals surface area contributed by atoms with E-state index in [0.29, 0.717) is 0 Å². The third-order valence-corrected chi connectivity index (χ3v) is 1.67. The van der Waals surface area contributed by atoms with Gasteiger partial charge in [0.2, 0.25) is 0 Å². The fourth-order valence-electron chi connectivity index (χ4n) is 0.425. The highest BCUT2D eigenvalue weighted by Crippen LogP contribution is 2.11. The fourth-order valence-corrected chi connectivity index (χ4v) is 1.01. The van der Waals surface area contributed by atoms with E-state index in [9.17, 15) is 9.18 Å². The van der Waals surface area contributed by atoms with Gasteiger partial charge in [-0.2, -0.15) is 0 Å². The Labute approximate surface area is 54.6 Å². The smallest absolute Gasteiger partial charge is 0.345 e. The van der Waals surface area contributed by atoms with Crippen LogP contribution in [0.15, 0.2) is 11.4 Å². The summed E-state index contributed by atoms with van der Waals surface area (Å²) in [6.45, 7) is 0. The van der Waals surface area contributed by atoms with Crippen LogP contribution in [0.3, 0.4) is 0 Å². The highest BCUT2D eigenvalue weighted by molar-refractivity contribution is 7.11. The van der Waals surface area contributed by atoms with Crippen LogP contribution in [0.5, 0.6) is 0 Å². The van der Waals surface area contributed by atoms with Gasteiger partial charge in [0, 0.05) is 5.38 Å². The molecule has 48 valence electrons. The first kappa shape index (κ1) is 6.22. The predicted molar refractivity (Wildman–Crippen MR) is 31.2 cm³/mol. The molecule has 0 aromatic carbocycles. The molecule has 1 N–H and O–H groups in total. The van der Waals surface area contributed by atoms with Crippen LogP contribution >= 0.6 is 11.3 Å². The molecule has 1 heterocycles. The molecule has 0 atom stereocenters. The van der Waals surface area contributed by atoms with Crippen LogP contribution in [0.1, 0.15) is 9.67 Å². The predicted octanol–water partition coefficient (Wildman–Crippen LogP) is 1.59. The van der Waals surface area contributed by atoms with Gasteiger partial charge in [-0.25, -0.2) is 9.18 Å².